The molecular formula is C16H18ClNO. The molecule has 2 aromatic carbocycles. The largest absolute Gasteiger partial charge is 0.497 e. The first-order valence-electron chi connectivity index (χ1n) is 6.33. The number of hydrogen-bond donors (Lipinski definition) is 1. The van der Waals surface area contributed by atoms with Crippen LogP contribution in [0, 0.1) is 0 Å². The molecule has 0 unspecified atom stereocenters. The van der Waals surface area contributed by atoms with Crippen molar-refractivity contribution in [3.8, 4) is 5.75 Å². The lowest BCUT2D eigenvalue weighted by molar-refractivity contribution is 0.414. The first-order chi connectivity index (χ1) is 9.31. The molecular weight excluding hydrogens is 258 g/mol. The maximum atomic E-state index is 5.72. The standard InChI is InChI=1S/C16H18ClNO/c1-19-16-8-4-14(5-9-16)12-18-15-6-2-13(3-7-15)10-11-17/h2-9,18H,10-12H2,1H3. The number of halogens is 1. The summed E-state index contributed by atoms with van der Waals surface area (Å²) in [5.41, 5.74) is 3.62. The Balaban J connectivity index is 1.90. The van der Waals surface area contributed by atoms with Gasteiger partial charge in [-0.15, -0.1) is 11.6 Å². The minimum Gasteiger partial charge on any atom is -0.497 e. The van der Waals surface area contributed by atoms with Crippen LogP contribution in [0.4, 0.5) is 5.69 Å². The lowest BCUT2D eigenvalue weighted by atomic mass is 10.1. The van der Waals surface area contributed by atoms with Crippen molar-refractivity contribution in [1.82, 2.24) is 0 Å². The molecule has 0 radical (unpaired) electrons. The summed E-state index contributed by atoms with van der Waals surface area (Å²) in [5.74, 6) is 1.55. The van der Waals surface area contributed by atoms with E-state index in [0.717, 1.165) is 24.4 Å². The number of hydrogen-bond acceptors (Lipinski definition) is 2. The molecule has 0 fully saturated rings. The number of rotatable bonds is 6. The van der Waals surface area contributed by atoms with Crippen LogP contribution in [-0.4, -0.2) is 13.0 Å². The molecule has 2 aromatic rings. The molecule has 0 aliphatic rings. The van der Waals surface area contributed by atoms with Gasteiger partial charge in [0.05, 0.1) is 7.11 Å². The summed E-state index contributed by atoms with van der Waals surface area (Å²) in [7, 11) is 1.68. The number of methoxy groups -OCH3 is 1. The molecule has 0 heterocycles. The van der Waals surface area contributed by atoms with Gasteiger partial charge in [-0.2, -0.15) is 0 Å². The quantitative estimate of drug-likeness (QED) is 0.802. The van der Waals surface area contributed by atoms with E-state index in [2.05, 4.69) is 41.7 Å². The highest BCUT2D eigenvalue weighted by Crippen LogP contribution is 2.14. The first kappa shape index (κ1) is 13.8. The Hall–Kier alpha value is -1.67. The van der Waals surface area contributed by atoms with E-state index in [1.807, 2.05) is 12.1 Å². The highest BCUT2D eigenvalue weighted by Gasteiger charge is 1.96. The van der Waals surface area contributed by atoms with Crippen LogP contribution in [0.15, 0.2) is 48.5 Å². The molecule has 0 aliphatic carbocycles. The number of benzene rings is 2. The third-order valence-corrected chi connectivity index (χ3v) is 3.18. The summed E-state index contributed by atoms with van der Waals surface area (Å²) >= 11 is 5.72. The van der Waals surface area contributed by atoms with E-state index in [9.17, 15) is 0 Å². The molecule has 2 rings (SSSR count). The number of aryl methyl sites for hydroxylation is 1. The van der Waals surface area contributed by atoms with Crippen molar-refractivity contribution in [3.63, 3.8) is 0 Å². The fraction of sp³-hybridized carbons (Fsp3) is 0.250. The van der Waals surface area contributed by atoms with Crippen molar-refractivity contribution >= 4 is 17.3 Å². The lowest BCUT2D eigenvalue weighted by Crippen LogP contribution is -1.99. The van der Waals surface area contributed by atoms with Crippen LogP contribution in [0.2, 0.25) is 0 Å². The maximum Gasteiger partial charge on any atom is 0.118 e. The van der Waals surface area contributed by atoms with E-state index in [4.69, 9.17) is 16.3 Å². The summed E-state index contributed by atoms with van der Waals surface area (Å²) < 4.78 is 5.14. The Kier molecular flexibility index (Phi) is 5.10. The van der Waals surface area contributed by atoms with Gasteiger partial charge >= 0.3 is 0 Å². The minimum atomic E-state index is 0.665. The number of nitrogens with one attached hydrogen (secondary N) is 1. The molecule has 0 amide bonds. The predicted molar refractivity (Wildman–Crippen MR) is 81.2 cm³/mol. The maximum absolute atomic E-state index is 5.72. The first-order valence-corrected chi connectivity index (χ1v) is 6.87. The molecule has 0 bridgehead atoms. The molecule has 2 nitrogen and oxygen atoms in total. The van der Waals surface area contributed by atoms with E-state index >= 15 is 0 Å². The molecule has 100 valence electrons. The zero-order valence-electron chi connectivity index (χ0n) is 11.0. The SMILES string of the molecule is COc1ccc(CNc2ccc(CCCl)cc2)cc1. The van der Waals surface area contributed by atoms with Crippen molar-refractivity contribution in [1.29, 1.82) is 0 Å². The molecule has 0 aliphatic heterocycles. The van der Waals surface area contributed by atoms with E-state index < -0.39 is 0 Å². The highest BCUT2D eigenvalue weighted by atomic mass is 35.5. The van der Waals surface area contributed by atoms with Crippen LogP contribution in [0.25, 0.3) is 0 Å². The van der Waals surface area contributed by atoms with Crippen LogP contribution < -0.4 is 10.1 Å². The van der Waals surface area contributed by atoms with Crippen LogP contribution in [0.1, 0.15) is 11.1 Å². The Morgan fingerprint density at radius 2 is 1.58 bits per heavy atom. The van der Waals surface area contributed by atoms with Crippen molar-refractivity contribution in [2.45, 2.75) is 13.0 Å². The second-order valence-electron chi connectivity index (χ2n) is 4.34. The fourth-order valence-corrected chi connectivity index (χ4v) is 2.06. The van der Waals surface area contributed by atoms with Crippen LogP contribution in [0.3, 0.4) is 0 Å². The average Bonchev–Trinajstić information content (AvgIpc) is 2.47. The normalized spacial score (nSPS) is 10.2. The molecule has 0 spiro atoms. The summed E-state index contributed by atoms with van der Waals surface area (Å²) in [4.78, 5) is 0. The lowest BCUT2D eigenvalue weighted by Gasteiger charge is -2.08. The molecule has 19 heavy (non-hydrogen) atoms. The molecule has 3 heteroatoms. The van der Waals surface area contributed by atoms with Gasteiger partial charge < -0.3 is 10.1 Å². The van der Waals surface area contributed by atoms with Crippen LogP contribution >= 0.6 is 11.6 Å². The predicted octanol–water partition coefficient (Wildman–Crippen LogP) is 4.09. The van der Waals surface area contributed by atoms with Crippen molar-refractivity contribution in [3.05, 3.63) is 59.7 Å². The second kappa shape index (κ2) is 7.05. The zero-order valence-corrected chi connectivity index (χ0v) is 11.8. The minimum absolute atomic E-state index is 0.665. The summed E-state index contributed by atoms with van der Waals surface area (Å²) in [6.07, 6.45) is 0.917. The topological polar surface area (TPSA) is 21.3 Å². The zero-order chi connectivity index (χ0) is 13.5. The Morgan fingerprint density at radius 1 is 0.947 bits per heavy atom. The Labute approximate surface area is 119 Å². The van der Waals surface area contributed by atoms with E-state index in [1.54, 1.807) is 7.11 Å². The monoisotopic (exact) mass is 275 g/mol. The van der Waals surface area contributed by atoms with Crippen molar-refractivity contribution in [2.75, 3.05) is 18.3 Å². The fourth-order valence-electron chi connectivity index (χ4n) is 1.85. The van der Waals surface area contributed by atoms with Crippen LogP contribution in [0.5, 0.6) is 5.75 Å². The summed E-state index contributed by atoms with van der Waals surface area (Å²) in [6, 6.07) is 16.5. The van der Waals surface area contributed by atoms with Gasteiger partial charge in [-0.25, -0.2) is 0 Å². The van der Waals surface area contributed by atoms with Gasteiger partial charge in [0.1, 0.15) is 5.75 Å². The van der Waals surface area contributed by atoms with Crippen LogP contribution in [-0.2, 0) is 13.0 Å². The van der Waals surface area contributed by atoms with E-state index in [0.29, 0.717) is 5.88 Å². The van der Waals surface area contributed by atoms with Gasteiger partial charge in [-0.1, -0.05) is 24.3 Å². The third-order valence-electron chi connectivity index (χ3n) is 2.99. The van der Waals surface area contributed by atoms with E-state index in [-0.39, 0.29) is 0 Å². The molecule has 0 atom stereocenters. The van der Waals surface area contributed by atoms with Gasteiger partial charge in [-0.05, 0) is 41.8 Å². The van der Waals surface area contributed by atoms with Gasteiger partial charge in [-0.3, -0.25) is 0 Å². The Morgan fingerprint density at radius 3 is 2.16 bits per heavy atom. The Bertz CT molecular complexity index is 493. The van der Waals surface area contributed by atoms with Gasteiger partial charge in [0.2, 0.25) is 0 Å². The molecule has 0 saturated carbocycles. The van der Waals surface area contributed by atoms with Gasteiger partial charge in [0, 0.05) is 18.1 Å². The number of ether oxygens (including phenoxy) is 1. The smallest absolute Gasteiger partial charge is 0.118 e. The summed E-state index contributed by atoms with van der Waals surface area (Å²) in [6.45, 7) is 0.804. The van der Waals surface area contributed by atoms with E-state index in [1.165, 1.54) is 11.1 Å². The number of anilines is 1. The summed E-state index contributed by atoms with van der Waals surface area (Å²) in [5, 5.41) is 3.39. The van der Waals surface area contributed by atoms with Crippen molar-refractivity contribution < 1.29 is 4.74 Å². The number of alkyl halides is 1. The van der Waals surface area contributed by atoms with Gasteiger partial charge in [0.25, 0.3) is 0 Å². The second-order valence-corrected chi connectivity index (χ2v) is 4.72. The third kappa shape index (κ3) is 4.18. The highest BCUT2D eigenvalue weighted by molar-refractivity contribution is 6.17. The van der Waals surface area contributed by atoms with Gasteiger partial charge in [0.15, 0.2) is 0 Å². The van der Waals surface area contributed by atoms with Crippen molar-refractivity contribution in [2.24, 2.45) is 0 Å². The molecule has 1 N–H and O–H groups in total. The average molecular weight is 276 g/mol. The molecule has 0 aromatic heterocycles. The molecule has 0 saturated heterocycles.